The standard InChI is InChI=1S/C12H28N2O3S/c1-5-6-13-9-12(4)18(15,16)14-7-8-17-10-11(2)3/h11-14H,5-10H2,1-4H3. The van der Waals surface area contributed by atoms with Crippen LogP contribution in [0, 0.1) is 5.92 Å². The third-order valence-electron chi connectivity index (χ3n) is 2.39. The van der Waals surface area contributed by atoms with Crippen LogP contribution in [0.15, 0.2) is 0 Å². The van der Waals surface area contributed by atoms with Crippen LogP contribution in [0.5, 0.6) is 0 Å². The number of ether oxygens (including phenoxy) is 1. The molecule has 0 aliphatic heterocycles. The van der Waals surface area contributed by atoms with Gasteiger partial charge in [0.2, 0.25) is 10.0 Å². The van der Waals surface area contributed by atoms with Gasteiger partial charge in [-0.15, -0.1) is 0 Å². The SMILES string of the molecule is CCCNCC(C)S(=O)(=O)NCCOCC(C)C. The molecule has 110 valence electrons. The van der Waals surface area contributed by atoms with E-state index in [0.717, 1.165) is 13.0 Å². The van der Waals surface area contributed by atoms with Crippen molar-refractivity contribution in [2.45, 2.75) is 39.4 Å². The highest BCUT2D eigenvalue weighted by Gasteiger charge is 2.19. The summed E-state index contributed by atoms with van der Waals surface area (Å²) in [6.45, 7) is 10.6. The number of hydrogen-bond acceptors (Lipinski definition) is 4. The summed E-state index contributed by atoms with van der Waals surface area (Å²) >= 11 is 0. The molecule has 1 atom stereocenters. The Hall–Kier alpha value is -0.170. The molecule has 0 saturated heterocycles. The lowest BCUT2D eigenvalue weighted by Gasteiger charge is -2.14. The van der Waals surface area contributed by atoms with Crippen molar-refractivity contribution < 1.29 is 13.2 Å². The maximum absolute atomic E-state index is 11.8. The van der Waals surface area contributed by atoms with Crippen molar-refractivity contribution in [2.24, 2.45) is 5.92 Å². The molecule has 18 heavy (non-hydrogen) atoms. The highest BCUT2D eigenvalue weighted by Crippen LogP contribution is 1.97. The van der Waals surface area contributed by atoms with E-state index in [1.807, 2.05) is 0 Å². The van der Waals surface area contributed by atoms with Crippen molar-refractivity contribution in [1.29, 1.82) is 0 Å². The quantitative estimate of drug-likeness (QED) is 0.553. The summed E-state index contributed by atoms with van der Waals surface area (Å²) < 4.78 is 31.5. The topological polar surface area (TPSA) is 67.4 Å². The van der Waals surface area contributed by atoms with Crippen molar-refractivity contribution >= 4 is 10.0 Å². The van der Waals surface area contributed by atoms with Gasteiger partial charge in [0.05, 0.1) is 11.9 Å². The summed E-state index contributed by atoms with van der Waals surface area (Å²) in [6.07, 6.45) is 1.00. The molecule has 6 heteroatoms. The Balaban J connectivity index is 3.78. The smallest absolute Gasteiger partial charge is 0.215 e. The van der Waals surface area contributed by atoms with Gasteiger partial charge in [-0.2, -0.15) is 0 Å². The van der Waals surface area contributed by atoms with Crippen LogP contribution in [-0.4, -0.2) is 46.5 Å². The van der Waals surface area contributed by atoms with E-state index in [0.29, 0.717) is 32.2 Å². The third kappa shape index (κ3) is 8.85. The second-order valence-electron chi connectivity index (χ2n) is 4.92. The number of sulfonamides is 1. The average molecular weight is 280 g/mol. The monoisotopic (exact) mass is 280 g/mol. The fraction of sp³-hybridized carbons (Fsp3) is 1.00. The fourth-order valence-corrected chi connectivity index (χ4v) is 2.30. The molecular formula is C12H28N2O3S. The average Bonchev–Trinajstić information content (AvgIpc) is 2.28. The van der Waals surface area contributed by atoms with Crippen molar-refractivity contribution in [3.05, 3.63) is 0 Å². The molecule has 0 fully saturated rings. The third-order valence-corrected chi connectivity index (χ3v) is 4.22. The van der Waals surface area contributed by atoms with Crippen LogP contribution in [0.1, 0.15) is 34.1 Å². The van der Waals surface area contributed by atoms with Gasteiger partial charge in [0, 0.05) is 19.7 Å². The molecule has 0 aromatic rings. The van der Waals surface area contributed by atoms with Gasteiger partial charge in [0.1, 0.15) is 0 Å². The second kappa shape index (κ2) is 9.72. The second-order valence-corrected chi connectivity index (χ2v) is 7.11. The van der Waals surface area contributed by atoms with Gasteiger partial charge in [0.15, 0.2) is 0 Å². The molecule has 0 saturated carbocycles. The lowest BCUT2D eigenvalue weighted by atomic mass is 10.2. The maximum Gasteiger partial charge on any atom is 0.215 e. The van der Waals surface area contributed by atoms with Gasteiger partial charge < -0.3 is 10.1 Å². The Labute approximate surface area is 112 Å². The molecule has 0 heterocycles. The molecule has 0 radical (unpaired) electrons. The van der Waals surface area contributed by atoms with Crippen LogP contribution in [-0.2, 0) is 14.8 Å². The van der Waals surface area contributed by atoms with E-state index in [1.54, 1.807) is 6.92 Å². The summed E-state index contributed by atoms with van der Waals surface area (Å²) in [7, 11) is -3.23. The first-order chi connectivity index (χ1) is 8.40. The minimum absolute atomic E-state index is 0.340. The van der Waals surface area contributed by atoms with Gasteiger partial charge in [-0.3, -0.25) is 0 Å². The van der Waals surface area contributed by atoms with E-state index in [1.165, 1.54) is 0 Å². The molecular weight excluding hydrogens is 252 g/mol. The summed E-state index contributed by atoms with van der Waals surface area (Å²) in [4.78, 5) is 0. The van der Waals surface area contributed by atoms with Crippen LogP contribution in [0.3, 0.4) is 0 Å². The van der Waals surface area contributed by atoms with E-state index in [-0.39, 0.29) is 0 Å². The normalized spacial score (nSPS) is 14.1. The van der Waals surface area contributed by atoms with Crippen LogP contribution < -0.4 is 10.0 Å². The van der Waals surface area contributed by atoms with E-state index in [9.17, 15) is 8.42 Å². The predicted molar refractivity (Wildman–Crippen MR) is 75.2 cm³/mol. The molecule has 0 amide bonds. The lowest BCUT2D eigenvalue weighted by molar-refractivity contribution is 0.114. The molecule has 0 aromatic carbocycles. The zero-order valence-electron chi connectivity index (χ0n) is 12.0. The van der Waals surface area contributed by atoms with Crippen molar-refractivity contribution in [2.75, 3.05) is 32.8 Å². The predicted octanol–water partition coefficient (Wildman–Crippen LogP) is 0.967. The molecule has 5 nitrogen and oxygen atoms in total. The summed E-state index contributed by atoms with van der Waals surface area (Å²) in [5.41, 5.74) is 0. The zero-order chi connectivity index (χ0) is 14.0. The Morgan fingerprint density at radius 1 is 1.17 bits per heavy atom. The van der Waals surface area contributed by atoms with E-state index in [2.05, 4.69) is 30.8 Å². The molecule has 2 N–H and O–H groups in total. The van der Waals surface area contributed by atoms with Gasteiger partial charge in [-0.25, -0.2) is 13.1 Å². The number of rotatable bonds is 11. The first kappa shape index (κ1) is 17.8. The van der Waals surface area contributed by atoms with Crippen LogP contribution in [0.4, 0.5) is 0 Å². The minimum atomic E-state index is -3.23. The summed E-state index contributed by atoms with van der Waals surface area (Å²) in [5.74, 6) is 0.471. The number of nitrogens with one attached hydrogen (secondary N) is 2. The van der Waals surface area contributed by atoms with Crippen LogP contribution in [0.25, 0.3) is 0 Å². The summed E-state index contributed by atoms with van der Waals surface area (Å²) in [6, 6.07) is 0. The van der Waals surface area contributed by atoms with Crippen LogP contribution >= 0.6 is 0 Å². The molecule has 0 bridgehead atoms. The Morgan fingerprint density at radius 3 is 2.39 bits per heavy atom. The van der Waals surface area contributed by atoms with Crippen molar-refractivity contribution in [1.82, 2.24) is 10.0 Å². The largest absolute Gasteiger partial charge is 0.380 e. The van der Waals surface area contributed by atoms with Gasteiger partial charge in [0.25, 0.3) is 0 Å². The van der Waals surface area contributed by atoms with Crippen molar-refractivity contribution in [3.63, 3.8) is 0 Å². The molecule has 0 spiro atoms. The maximum atomic E-state index is 11.8. The van der Waals surface area contributed by atoms with E-state index >= 15 is 0 Å². The van der Waals surface area contributed by atoms with Gasteiger partial charge in [-0.05, 0) is 25.8 Å². The molecule has 1 unspecified atom stereocenters. The zero-order valence-corrected chi connectivity index (χ0v) is 12.8. The fourth-order valence-electron chi connectivity index (χ4n) is 1.31. The minimum Gasteiger partial charge on any atom is -0.380 e. The molecule has 0 aliphatic rings. The highest BCUT2D eigenvalue weighted by atomic mass is 32.2. The Bertz CT molecular complexity index is 292. The molecule has 0 rings (SSSR count). The van der Waals surface area contributed by atoms with Crippen LogP contribution in [0.2, 0.25) is 0 Å². The van der Waals surface area contributed by atoms with Gasteiger partial charge in [-0.1, -0.05) is 20.8 Å². The Kier molecular flexibility index (Phi) is 9.63. The first-order valence-electron chi connectivity index (χ1n) is 6.67. The van der Waals surface area contributed by atoms with E-state index in [4.69, 9.17) is 4.74 Å². The number of hydrogen-bond donors (Lipinski definition) is 2. The van der Waals surface area contributed by atoms with Gasteiger partial charge >= 0.3 is 0 Å². The highest BCUT2D eigenvalue weighted by molar-refractivity contribution is 7.90. The summed E-state index contributed by atoms with van der Waals surface area (Å²) in [5, 5.41) is 2.68. The molecule has 0 aromatic heterocycles. The van der Waals surface area contributed by atoms with E-state index < -0.39 is 15.3 Å². The Morgan fingerprint density at radius 2 is 1.83 bits per heavy atom. The lowest BCUT2D eigenvalue weighted by Crippen LogP contribution is -2.40. The molecule has 0 aliphatic carbocycles. The first-order valence-corrected chi connectivity index (χ1v) is 8.21. The van der Waals surface area contributed by atoms with Crippen molar-refractivity contribution in [3.8, 4) is 0 Å².